The monoisotopic (exact) mass is 270 g/mol. The molecule has 19 heavy (non-hydrogen) atoms. The van der Waals surface area contributed by atoms with Gasteiger partial charge in [0.1, 0.15) is 12.4 Å². The van der Waals surface area contributed by atoms with Crippen molar-refractivity contribution in [2.45, 2.75) is 6.61 Å². The molecule has 95 valence electrons. The molecule has 4 heteroatoms. The van der Waals surface area contributed by atoms with Gasteiger partial charge in [0.15, 0.2) is 0 Å². The molecule has 3 rings (SSSR count). The molecular formula is C15H12NO2S. The van der Waals surface area contributed by atoms with Crippen molar-refractivity contribution < 1.29 is 9.53 Å². The summed E-state index contributed by atoms with van der Waals surface area (Å²) in [5.41, 5.74) is 1.61. The number of nitrogens with one attached hydrogen (secondary N) is 1. The average molecular weight is 270 g/mol. The van der Waals surface area contributed by atoms with E-state index in [0.717, 1.165) is 12.1 Å². The van der Waals surface area contributed by atoms with E-state index < -0.39 is 0 Å². The van der Waals surface area contributed by atoms with Crippen LogP contribution in [-0.2, 0) is 11.4 Å². The van der Waals surface area contributed by atoms with Gasteiger partial charge in [-0.15, -0.1) is 11.3 Å². The highest BCUT2D eigenvalue weighted by Gasteiger charge is 2.06. The third-order valence-electron chi connectivity index (χ3n) is 2.98. The summed E-state index contributed by atoms with van der Waals surface area (Å²) in [6, 6.07) is 7.14. The Kier molecular flexibility index (Phi) is 3.33. The minimum absolute atomic E-state index is 0.462. The van der Waals surface area contributed by atoms with E-state index >= 15 is 0 Å². The zero-order valence-electron chi connectivity index (χ0n) is 10.2. The van der Waals surface area contributed by atoms with Gasteiger partial charge in [-0.05, 0) is 22.7 Å². The number of fused-ring (bicyclic) bond motifs is 1. The molecular weight excluding hydrogens is 258 g/mol. The number of benzene rings is 1. The second-order valence-electron chi connectivity index (χ2n) is 4.18. The van der Waals surface area contributed by atoms with Gasteiger partial charge in [0.25, 0.3) is 0 Å². The van der Waals surface area contributed by atoms with Crippen molar-refractivity contribution in [1.82, 2.24) is 5.32 Å². The lowest BCUT2D eigenvalue weighted by Crippen LogP contribution is -2.31. The maximum Gasteiger partial charge on any atom is 0.237 e. The van der Waals surface area contributed by atoms with Crippen LogP contribution in [0.25, 0.3) is 12.3 Å². The van der Waals surface area contributed by atoms with Crippen molar-refractivity contribution in [2.24, 2.45) is 0 Å². The molecule has 1 N–H and O–H groups in total. The van der Waals surface area contributed by atoms with Crippen LogP contribution in [-0.4, -0.2) is 12.8 Å². The van der Waals surface area contributed by atoms with E-state index in [0.29, 0.717) is 17.9 Å². The highest BCUT2D eigenvalue weighted by molar-refractivity contribution is 7.07. The van der Waals surface area contributed by atoms with Crippen LogP contribution in [0.4, 0.5) is 0 Å². The second kappa shape index (κ2) is 5.28. The molecule has 1 aromatic heterocycles. The Morgan fingerprint density at radius 1 is 1.37 bits per heavy atom. The van der Waals surface area contributed by atoms with Gasteiger partial charge in [-0.25, -0.2) is 0 Å². The van der Waals surface area contributed by atoms with E-state index in [1.807, 2.05) is 18.6 Å². The standard InChI is InChI=1S/C15H12NO2S/c17-8-11-3-1-2-4-14(11)18-9-12-10-19-15-7-16-6-5-13(12)15/h1-5,7,10,16H,6,9H2. The van der Waals surface area contributed by atoms with Gasteiger partial charge in [0.05, 0.1) is 10.1 Å². The molecule has 0 amide bonds. The predicted molar refractivity (Wildman–Crippen MR) is 76.1 cm³/mol. The van der Waals surface area contributed by atoms with E-state index in [9.17, 15) is 4.79 Å². The predicted octanol–water partition coefficient (Wildman–Crippen LogP) is 0.907. The molecule has 0 spiro atoms. The number of hydrogen-bond donors (Lipinski definition) is 1. The molecule has 0 aliphatic carbocycles. The van der Waals surface area contributed by atoms with Crippen molar-refractivity contribution in [2.75, 3.05) is 6.54 Å². The molecule has 0 saturated carbocycles. The van der Waals surface area contributed by atoms with Gasteiger partial charge in [0, 0.05) is 18.3 Å². The molecule has 0 unspecified atom stereocenters. The van der Waals surface area contributed by atoms with Crippen LogP contribution in [0, 0.1) is 0 Å². The molecule has 0 saturated heterocycles. The zero-order valence-corrected chi connectivity index (χ0v) is 11.0. The Morgan fingerprint density at radius 3 is 3.16 bits per heavy atom. The molecule has 0 bridgehead atoms. The SMILES string of the molecule is O=[C]c1ccccc1OCc1csc2c1=CCNC=2. The van der Waals surface area contributed by atoms with Gasteiger partial charge in [-0.3, -0.25) is 4.79 Å². The summed E-state index contributed by atoms with van der Waals surface area (Å²) in [5.74, 6) is 0.579. The summed E-state index contributed by atoms with van der Waals surface area (Å²) in [7, 11) is 0. The lowest BCUT2D eigenvalue weighted by atomic mass is 10.2. The lowest BCUT2D eigenvalue weighted by Gasteiger charge is -2.07. The van der Waals surface area contributed by atoms with Gasteiger partial charge in [-0.2, -0.15) is 0 Å². The van der Waals surface area contributed by atoms with Crippen LogP contribution in [0.5, 0.6) is 5.75 Å². The number of hydrogen-bond acceptors (Lipinski definition) is 4. The van der Waals surface area contributed by atoms with Crippen molar-refractivity contribution in [1.29, 1.82) is 0 Å². The Bertz CT molecular complexity index is 718. The van der Waals surface area contributed by atoms with Crippen molar-refractivity contribution >= 4 is 29.9 Å². The number of thiophene rings is 1. The molecule has 1 aromatic carbocycles. The van der Waals surface area contributed by atoms with E-state index in [1.54, 1.807) is 29.5 Å². The van der Waals surface area contributed by atoms with Gasteiger partial charge in [-0.1, -0.05) is 18.2 Å². The average Bonchev–Trinajstić information content (AvgIpc) is 2.89. The Morgan fingerprint density at radius 2 is 2.26 bits per heavy atom. The van der Waals surface area contributed by atoms with Crippen LogP contribution in [0.15, 0.2) is 29.6 Å². The van der Waals surface area contributed by atoms with Crippen molar-refractivity contribution in [3.63, 3.8) is 0 Å². The van der Waals surface area contributed by atoms with Crippen LogP contribution < -0.4 is 19.8 Å². The van der Waals surface area contributed by atoms with Crippen LogP contribution in [0.2, 0.25) is 0 Å². The summed E-state index contributed by atoms with van der Waals surface area (Å²) in [5, 5.41) is 6.51. The molecule has 3 nitrogen and oxygen atoms in total. The molecule has 2 heterocycles. The molecule has 0 atom stereocenters. The lowest BCUT2D eigenvalue weighted by molar-refractivity contribution is 0.305. The first kappa shape index (κ1) is 12.0. The summed E-state index contributed by atoms with van der Waals surface area (Å²) < 4.78 is 6.95. The number of para-hydroxylation sites is 1. The Labute approximate surface area is 114 Å². The molecule has 1 aliphatic heterocycles. The summed E-state index contributed by atoms with van der Waals surface area (Å²) in [6.45, 7) is 1.31. The first-order valence-corrected chi connectivity index (χ1v) is 6.86. The number of rotatable bonds is 4. The number of ether oxygens (including phenoxy) is 1. The molecule has 0 fully saturated rings. The van der Waals surface area contributed by atoms with Crippen LogP contribution in [0.3, 0.4) is 0 Å². The molecule has 2 aromatic rings. The second-order valence-corrected chi connectivity index (χ2v) is 5.09. The maximum absolute atomic E-state index is 10.8. The van der Waals surface area contributed by atoms with Crippen molar-refractivity contribution in [3.8, 4) is 5.75 Å². The minimum Gasteiger partial charge on any atom is -0.488 e. The Hall–Kier alpha value is -2.07. The fourth-order valence-electron chi connectivity index (χ4n) is 2.02. The summed E-state index contributed by atoms with van der Waals surface area (Å²) in [4.78, 5) is 10.8. The first-order chi connectivity index (χ1) is 9.38. The summed E-state index contributed by atoms with van der Waals surface area (Å²) >= 11 is 1.69. The quantitative estimate of drug-likeness (QED) is 0.897. The van der Waals surface area contributed by atoms with E-state index in [1.165, 1.54) is 9.75 Å². The normalized spacial score (nSPS) is 12.6. The molecule has 1 aliphatic rings. The Balaban J connectivity index is 1.84. The third kappa shape index (κ3) is 2.39. The van der Waals surface area contributed by atoms with Crippen LogP contribution in [0.1, 0.15) is 11.1 Å². The van der Waals surface area contributed by atoms with Crippen LogP contribution >= 0.6 is 11.3 Å². The largest absolute Gasteiger partial charge is 0.488 e. The molecule has 1 radical (unpaired) electrons. The van der Waals surface area contributed by atoms with E-state index in [-0.39, 0.29) is 0 Å². The van der Waals surface area contributed by atoms with Gasteiger partial charge >= 0.3 is 0 Å². The van der Waals surface area contributed by atoms with E-state index in [2.05, 4.69) is 16.8 Å². The van der Waals surface area contributed by atoms with Gasteiger partial charge < -0.3 is 10.1 Å². The van der Waals surface area contributed by atoms with E-state index in [4.69, 9.17) is 4.74 Å². The highest BCUT2D eigenvalue weighted by Crippen LogP contribution is 2.16. The summed E-state index contributed by atoms with van der Waals surface area (Å²) in [6.07, 6.45) is 6.07. The smallest absolute Gasteiger partial charge is 0.237 e. The highest BCUT2D eigenvalue weighted by atomic mass is 32.1. The third-order valence-corrected chi connectivity index (χ3v) is 3.97. The number of carbonyl (C=O) groups excluding carboxylic acids is 1. The minimum atomic E-state index is 0.462. The first-order valence-electron chi connectivity index (χ1n) is 5.98. The fraction of sp³-hybridized carbons (Fsp3) is 0.133. The zero-order chi connectivity index (χ0) is 13.1. The topological polar surface area (TPSA) is 38.3 Å². The van der Waals surface area contributed by atoms with Gasteiger partial charge in [0.2, 0.25) is 6.29 Å². The van der Waals surface area contributed by atoms with Crippen molar-refractivity contribution in [3.05, 3.63) is 50.5 Å². The fourth-order valence-corrected chi connectivity index (χ4v) is 2.98. The maximum atomic E-state index is 10.8.